The van der Waals surface area contributed by atoms with E-state index in [-0.39, 0.29) is 11.4 Å². The molecule has 18 heavy (non-hydrogen) atoms. The number of nitro groups is 1. The molecule has 1 heterocycles. The van der Waals surface area contributed by atoms with Crippen molar-refractivity contribution in [3.8, 4) is 0 Å². The van der Waals surface area contributed by atoms with Gasteiger partial charge in [-0.25, -0.2) is 4.39 Å². The number of hydrogen-bond donors (Lipinski definition) is 2. The summed E-state index contributed by atoms with van der Waals surface area (Å²) in [7, 11) is 0. The first-order valence-corrected chi connectivity index (χ1v) is 6.06. The Balaban J connectivity index is 1.97. The van der Waals surface area contributed by atoms with Crippen molar-refractivity contribution in [1.82, 2.24) is 5.32 Å². The van der Waals surface area contributed by atoms with E-state index in [1.807, 2.05) is 0 Å². The van der Waals surface area contributed by atoms with Crippen molar-refractivity contribution in [1.29, 1.82) is 0 Å². The lowest BCUT2D eigenvalue weighted by Crippen LogP contribution is -2.13. The number of anilines is 1. The van der Waals surface area contributed by atoms with E-state index in [4.69, 9.17) is 0 Å². The van der Waals surface area contributed by atoms with Gasteiger partial charge in [-0.3, -0.25) is 10.1 Å². The summed E-state index contributed by atoms with van der Waals surface area (Å²) in [6, 6.07) is 3.88. The van der Waals surface area contributed by atoms with E-state index in [1.54, 1.807) is 0 Å². The SMILES string of the molecule is O=[N+]([O-])c1cccc(F)c1NCCC1CCNC1. The van der Waals surface area contributed by atoms with Gasteiger partial charge in [0.15, 0.2) is 5.82 Å². The zero-order valence-electron chi connectivity index (χ0n) is 9.99. The molecule has 5 nitrogen and oxygen atoms in total. The molecule has 2 rings (SSSR count). The molecule has 1 fully saturated rings. The predicted molar refractivity (Wildman–Crippen MR) is 67.1 cm³/mol. The molecule has 0 aliphatic carbocycles. The third-order valence-electron chi connectivity index (χ3n) is 3.21. The number of hydrogen-bond acceptors (Lipinski definition) is 4. The minimum Gasteiger partial charge on any atom is -0.377 e. The summed E-state index contributed by atoms with van der Waals surface area (Å²) in [4.78, 5) is 10.2. The van der Waals surface area contributed by atoms with Crippen LogP contribution in [0.15, 0.2) is 18.2 Å². The summed E-state index contributed by atoms with van der Waals surface area (Å²) in [5, 5.41) is 16.9. The maximum Gasteiger partial charge on any atom is 0.295 e. The standard InChI is InChI=1S/C12H16FN3O2/c13-10-2-1-3-11(16(17)18)12(10)15-7-5-9-4-6-14-8-9/h1-3,9,14-15H,4-8H2. The molecule has 0 saturated carbocycles. The molecule has 1 aliphatic rings. The Morgan fingerprint density at radius 1 is 1.56 bits per heavy atom. The molecular weight excluding hydrogens is 237 g/mol. The van der Waals surface area contributed by atoms with Gasteiger partial charge in [0.2, 0.25) is 0 Å². The van der Waals surface area contributed by atoms with E-state index < -0.39 is 10.7 Å². The summed E-state index contributed by atoms with van der Waals surface area (Å²) < 4.78 is 13.5. The largest absolute Gasteiger partial charge is 0.377 e. The van der Waals surface area contributed by atoms with Crippen molar-refractivity contribution in [3.63, 3.8) is 0 Å². The molecule has 1 aromatic carbocycles. The Kier molecular flexibility index (Phi) is 4.09. The lowest BCUT2D eigenvalue weighted by Gasteiger charge is -2.11. The average molecular weight is 253 g/mol. The number of nitrogens with one attached hydrogen (secondary N) is 2. The quantitative estimate of drug-likeness (QED) is 0.623. The second-order valence-corrected chi connectivity index (χ2v) is 4.47. The molecule has 0 radical (unpaired) electrons. The molecule has 0 spiro atoms. The number of benzene rings is 1. The Bertz CT molecular complexity index is 433. The van der Waals surface area contributed by atoms with Crippen molar-refractivity contribution in [3.05, 3.63) is 34.1 Å². The van der Waals surface area contributed by atoms with Crippen molar-refractivity contribution in [2.75, 3.05) is 25.0 Å². The number of rotatable bonds is 5. The van der Waals surface area contributed by atoms with Crippen molar-refractivity contribution in [2.45, 2.75) is 12.8 Å². The molecular formula is C12H16FN3O2. The summed E-state index contributed by atoms with van der Waals surface area (Å²) in [5.74, 6) is -0.00271. The van der Waals surface area contributed by atoms with Crippen LogP contribution in [-0.2, 0) is 0 Å². The van der Waals surface area contributed by atoms with Crippen LogP contribution < -0.4 is 10.6 Å². The monoisotopic (exact) mass is 253 g/mol. The molecule has 1 aromatic rings. The molecule has 0 amide bonds. The van der Waals surface area contributed by atoms with Crippen LogP contribution in [0.4, 0.5) is 15.8 Å². The maximum absolute atomic E-state index is 13.5. The van der Waals surface area contributed by atoms with E-state index in [9.17, 15) is 14.5 Å². The number of halogens is 1. The van der Waals surface area contributed by atoms with E-state index >= 15 is 0 Å². The van der Waals surface area contributed by atoms with Gasteiger partial charge in [0.25, 0.3) is 5.69 Å². The highest BCUT2D eigenvalue weighted by atomic mass is 19.1. The van der Waals surface area contributed by atoms with Crippen LogP contribution in [0.1, 0.15) is 12.8 Å². The lowest BCUT2D eigenvalue weighted by atomic mass is 10.1. The van der Waals surface area contributed by atoms with Crippen LogP contribution in [0.25, 0.3) is 0 Å². The van der Waals surface area contributed by atoms with Gasteiger partial charge in [-0.1, -0.05) is 6.07 Å². The summed E-state index contributed by atoms with van der Waals surface area (Å²) in [6.07, 6.45) is 2.00. The maximum atomic E-state index is 13.5. The second-order valence-electron chi connectivity index (χ2n) is 4.47. The zero-order chi connectivity index (χ0) is 13.0. The van der Waals surface area contributed by atoms with Crippen molar-refractivity contribution >= 4 is 11.4 Å². The van der Waals surface area contributed by atoms with E-state index in [1.165, 1.54) is 18.2 Å². The molecule has 0 aromatic heterocycles. The third kappa shape index (κ3) is 2.95. The van der Waals surface area contributed by atoms with E-state index in [2.05, 4.69) is 10.6 Å². The van der Waals surface area contributed by atoms with Crippen molar-refractivity contribution in [2.24, 2.45) is 5.92 Å². The predicted octanol–water partition coefficient (Wildman–Crippen LogP) is 2.15. The van der Waals surface area contributed by atoms with Crippen LogP contribution >= 0.6 is 0 Å². The molecule has 1 aliphatic heterocycles. The van der Waals surface area contributed by atoms with Gasteiger partial charge in [-0.05, 0) is 37.9 Å². The minimum atomic E-state index is -0.575. The average Bonchev–Trinajstić information content (AvgIpc) is 2.84. The van der Waals surface area contributed by atoms with E-state index in [0.717, 1.165) is 25.9 Å². The van der Waals surface area contributed by atoms with Gasteiger partial charge >= 0.3 is 0 Å². The smallest absolute Gasteiger partial charge is 0.295 e. The van der Waals surface area contributed by atoms with Crippen molar-refractivity contribution < 1.29 is 9.31 Å². The Hall–Kier alpha value is -1.69. The molecule has 2 N–H and O–H groups in total. The fourth-order valence-electron chi connectivity index (χ4n) is 2.20. The van der Waals surface area contributed by atoms with Crippen LogP contribution in [0.3, 0.4) is 0 Å². The normalized spacial score (nSPS) is 18.8. The Morgan fingerprint density at radius 2 is 2.39 bits per heavy atom. The van der Waals surface area contributed by atoms with Gasteiger partial charge in [0, 0.05) is 12.6 Å². The number of nitrogens with zero attached hydrogens (tertiary/aromatic N) is 1. The van der Waals surface area contributed by atoms with Crippen LogP contribution in [0.2, 0.25) is 0 Å². The zero-order valence-corrected chi connectivity index (χ0v) is 9.99. The molecule has 1 atom stereocenters. The highest BCUT2D eigenvalue weighted by Crippen LogP contribution is 2.27. The number of para-hydroxylation sites is 1. The fraction of sp³-hybridized carbons (Fsp3) is 0.500. The Morgan fingerprint density at radius 3 is 3.06 bits per heavy atom. The summed E-state index contributed by atoms with van der Waals surface area (Å²) in [5.41, 5.74) is -0.215. The van der Waals surface area contributed by atoms with Gasteiger partial charge < -0.3 is 10.6 Å². The number of nitro benzene ring substituents is 1. The summed E-state index contributed by atoms with van der Waals surface area (Å²) in [6.45, 7) is 2.54. The Labute approximate surface area is 105 Å². The van der Waals surface area contributed by atoms with Crippen LogP contribution in [0, 0.1) is 21.8 Å². The molecule has 1 unspecified atom stereocenters. The van der Waals surface area contributed by atoms with Gasteiger partial charge in [-0.15, -0.1) is 0 Å². The third-order valence-corrected chi connectivity index (χ3v) is 3.21. The van der Waals surface area contributed by atoms with E-state index in [0.29, 0.717) is 12.5 Å². The first kappa shape index (κ1) is 12.8. The first-order valence-electron chi connectivity index (χ1n) is 6.06. The molecule has 6 heteroatoms. The fourth-order valence-corrected chi connectivity index (χ4v) is 2.20. The van der Waals surface area contributed by atoms with Gasteiger partial charge in [0.1, 0.15) is 5.69 Å². The summed E-state index contributed by atoms with van der Waals surface area (Å²) >= 11 is 0. The second kappa shape index (κ2) is 5.77. The topological polar surface area (TPSA) is 67.2 Å². The van der Waals surface area contributed by atoms with Crippen LogP contribution in [0.5, 0.6) is 0 Å². The lowest BCUT2D eigenvalue weighted by molar-refractivity contribution is -0.384. The first-order chi connectivity index (χ1) is 8.68. The highest BCUT2D eigenvalue weighted by Gasteiger charge is 2.18. The molecule has 1 saturated heterocycles. The molecule has 98 valence electrons. The minimum absolute atomic E-state index is 0.00606. The van der Waals surface area contributed by atoms with Gasteiger partial charge in [0.05, 0.1) is 4.92 Å². The molecule has 0 bridgehead atoms. The highest BCUT2D eigenvalue weighted by molar-refractivity contribution is 5.62. The van der Waals surface area contributed by atoms with Crippen LogP contribution in [-0.4, -0.2) is 24.6 Å². The van der Waals surface area contributed by atoms with Gasteiger partial charge in [-0.2, -0.15) is 0 Å².